The first-order valence-corrected chi connectivity index (χ1v) is 9.65. The lowest BCUT2D eigenvalue weighted by molar-refractivity contribution is 0.0702. The number of rotatable bonds is 4. The van der Waals surface area contributed by atoms with E-state index in [0.717, 1.165) is 12.1 Å². The second-order valence-corrected chi connectivity index (χ2v) is 8.17. The third kappa shape index (κ3) is 3.55. The van der Waals surface area contributed by atoms with Crippen LogP contribution in [-0.2, 0) is 9.84 Å². The summed E-state index contributed by atoms with van der Waals surface area (Å²) in [6.07, 6.45) is 0.409. The van der Waals surface area contributed by atoms with Crippen molar-refractivity contribution in [3.63, 3.8) is 0 Å². The van der Waals surface area contributed by atoms with Crippen LogP contribution >= 0.6 is 0 Å². The van der Waals surface area contributed by atoms with E-state index >= 15 is 0 Å². The highest BCUT2D eigenvalue weighted by molar-refractivity contribution is 7.91. The Bertz CT molecular complexity index is 911. The van der Waals surface area contributed by atoms with Gasteiger partial charge in [0.15, 0.2) is 21.5 Å². The van der Waals surface area contributed by atoms with Gasteiger partial charge in [-0.05, 0) is 37.6 Å². The van der Waals surface area contributed by atoms with E-state index in [2.05, 4.69) is 10.2 Å². The van der Waals surface area contributed by atoms with Crippen LogP contribution in [0.5, 0.6) is 0 Å². The van der Waals surface area contributed by atoms with Crippen LogP contribution in [0.2, 0.25) is 0 Å². The van der Waals surface area contributed by atoms with Crippen molar-refractivity contribution >= 4 is 15.7 Å². The molecule has 1 unspecified atom stereocenters. The molecular formula is C16H17F2N3O3S. The molecule has 0 saturated carbocycles. The van der Waals surface area contributed by atoms with Crippen molar-refractivity contribution in [3.05, 3.63) is 41.6 Å². The zero-order chi connectivity index (χ0) is 18.2. The quantitative estimate of drug-likeness (QED) is 0.894. The maximum Gasteiger partial charge on any atom is 0.272 e. The second kappa shape index (κ2) is 6.55. The van der Waals surface area contributed by atoms with Gasteiger partial charge >= 0.3 is 0 Å². The van der Waals surface area contributed by atoms with Crippen LogP contribution in [0.3, 0.4) is 0 Å². The molecule has 1 aliphatic heterocycles. The summed E-state index contributed by atoms with van der Waals surface area (Å²) < 4.78 is 49.7. The Morgan fingerprint density at radius 3 is 2.68 bits per heavy atom. The molecule has 1 atom stereocenters. The molecule has 1 amide bonds. The van der Waals surface area contributed by atoms with E-state index in [-0.39, 0.29) is 29.1 Å². The maximum absolute atomic E-state index is 13.3. The predicted molar refractivity (Wildman–Crippen MR) is 87.7 cm³/mol. The molecular weight excluding hydrogens is 352 g/mol. The number of aromatic nitrogens is 2. The van der Waals surface area contributed by atoms with Gasteiger partial charge in [0.05, 0.1) is 17.2 Å². The number of hydrogen-bond donors (Lipinski definition) is 1. The van der Waals surface area contributed by atoms with Gasteiger partial charge in [0.1, 0.15) is 5.69 Å². The van der Waals surface area contributed by atoms with Crippen LogP contribution in [0.25, 0.3) is 11.3 Å². The Hall–Kier alpha value is -2.29. The molecule has 1 aromatic carbocycles. The van der Waals surface area contributed by atoms with Gasteiger partial charge in [0.25, 0.3) is 5.91 Å². The molecule has 0 spiro atoms. The van der Waals surface area contributed by atoms with Crippen LogP contribution in [-0.4, -0.2) is 53.5 Å². The summed E-state index contributed by atoms with van der Waals surface area (Å²) in [6.45, 7) is 2.13. The smallest absolute Gasteiger partial charge is 0.272 e. The van der Waals surface area contributed by atoms with Crippen LogP contribution in [0, 0.1) is 11.6 Å². The van der Waals surface area contributed by atoms with Crippen LogP contribution in [0.4, 0.5) is 8.78 Å². The number of H-pyrrole nitrogens is 1. The Morgan fingerprint density at radius 1 is 1.32 bits per heavy atom. The summed E-state index contributed by atoms with van der Waals surface area (Å²) in [7, 11) is -3.11. The van der Waals surface area contributed by atoms with E-state index in [0.29, 0.717) is 24.2 Å². The molecule has 1 N–H and O–H groups in total. The van der Waals surface area contributed by atoms with Gasteiger partial charge in [0, 0.05) is 18.2 Å². The number of hydrogen-bond acceptors (Lipinski definition) is 4. The van der Waals surface area contributed by atoms with Gasteiger partial charge in [-0.3, -0.25) is 9.89 Å². The van der Waals surface area contributed by atoms with Gasteiger partial charge in [0.2, 0.25) is 0 Å². The molecule has 25 heavy (non-hydrogen) atoms. The maximum atomic E-state index is 13.3. The van der Waals surface area contributed by atoms with E-state index in [1.54, 1.807) is 6.92 Å². The average Bonchev–Trinajstić information content (AvgIpc) is 3.17. The molecule has 1 aromatic heterocycles. The minimum absolute atomic E-state index is 0.0449. The van der Waals surface area contributed by atoms with Gasteiger partial charge in [-0.15, -0.1) is 0 Å². The summed E-state index contributed by atoms with van der Waals surface area (Å²) in [5.41, 5.74) is 0.809. The van der Waals surface area contributed by atoms with Crippen LogP contribution in [0.15, 0.2) is 24.3 Å². The number of benzene rings is 1. The zero-order valence-electron chi connectivity index (χ0n) is 13.5. The van der Waals surface area contributed by atoms with Gasteiger partial charge in [-0.1, -0.05) is 0 Å². The van der Waals surface area contributed by atoms with Crippen molar-refractivity contribution in [1.82, 2.24) is 15.1 Å². The first-order valence-electron chi connectivity index (χ1n) is 7.83. The number of amides is 1. The molecule has 9 heteroatoms. The number of nitrogens with zero attached hydrogens (tertiary/aromatic N) is 2. The molecule has 0 bridgehead atoms. The SMILES string of the molecule is CCN(C(=O)c1cc(-c2ccc(F)c(F)c2)n[nH]1)C1CCS(=O)(=O)C1. The lowest BCUT2D eigenvalue weighted by Gasteiger charge is -2.26. The molecule has 1 fully saturated rings. The zero-order valence-corrected chi connectivity index (χ0v) is 14.3. The summed E-state index contributed by atoms with van der Waals surface area (Å²) >= 11 is 0. The van der Waals surface area contributed by atoms with Crippen LogP contribution < -0.4 is 0 Å². The highest BCUT2D eigenvalue weighted by Crippen LogP contribution is 2.23. The highest BCUT2D eigenvalue weighted by Gasteiger charge is 2.34. The van der Waals surface area contributed by atoms with E-state index in [9.17, 15) is 22.0 Å². The summed E-state index contributed by atoms with van der Waals surface area (Å²) in [4.78, 5) is 14.2. The lowest BCUT2D eigenvalue weighted by atomic mass is 10.1. The topological polar surface area (TPSA) is 83.1 Å². The fraction of sp³-hybridized carbons (Fsp3) is 0.375. The summed E-state index contributed by atoms with van der Waals surface area (Å²) in [5.74, 6) is -2.30. The van der Waals surface area contributed by atoms with Gasteiger partial charge < -0.3 is 4.90 Å². The molecule has 0 aliphatic carbocycles. The van der Waals surface area contributed by atoms with E-state index in [4.69, 9.17) is 0 Å². The largest absolute Gasteiger partial charge is 0.334 e. The summed E-state index contributed by atoms with van der Waals surface area (Å²) in [5, 5.41) is 6.56. The van der Waals surface area contributed by atoms with E-state index < -0.39 is 21.5 Å². The minimum Gasteiger partial charge on any atom is -0.334 e. The number of carbonyl (C=O) groups excluding carboxylic acids is 1. The normalized spacial score (nSPS) is 19.1. The molecule has 0 radical (unpaired) electrons. The standard InChI is InChI=1S/C16H17F2N3O3S/c1-2-21(11-5-6-25(23,24)9-11)16(22)15-8-14(19-20-15)10-3-4-12(17)13(18)7-10/h3-4,7-8,11H,2,5-6,9H2,1H3,(H,19,20). The lowest BCUT2D eigenvalue weighted by Crippen LogP contribution is -2.41. The second-order valence-electron chi connectivity index (χ2n) is 5.94. The number of sulfone groups is 1. The first-order chi connectivity index (χ1) is 11.8. The van der Waals surface area contributed by atoms with Gasteiger partial charge in [-0.2, -0.15) is 5.10 Å². The Labute approximate surface area is 143 Å². The number of carbonyl (C=O) groups is 1. The molecule has 6 nitrogen and oxygen atoms in total. The number of aromatic amines is 1. The Morgan fingerprint density at radius 2 is 2.08 bits per heavy atom. The third-order valence-electron chi connectivity index (χ3n) is 4.27. The van der Waals surface area contributed by atoms with Crippen molar-refractivity contribution in [2.75, 3.05) is 18.1 Å². The fourth-order valence-electron chi connectivity index (χ4n) is 2.98. The van der Waals surface area contributed by atoms with Crippen molar-refractivity contribution < 1.29 is 22.0 Å². The predicted octanol–water partition coefficient (Wildman–Crippen LogP) is 2.00. The van der Waals surface area contributed by atoms with Crippen molar-refractivity contribution in [1.29, 1.82) is 0 Å². The van der Waals surface area contributed by atoms with Crippen molar-refractivity contribution in [2.45, 2.75) is 19.4 Å². The minimum atomic E-state index is -3.11. The average molecular weight is 369 g/mol. The Balaban J connectivity index is 1.83. The van der Waals surface area contributed by atoms with E-state index in [1.807, 2.05) is 0 Å². The summed E-state index contributed by atoms with van der Waals surface area (Å²) in [6, 6.07) is 4.44. The first kappa shape index (κ1) is 17.5. The Kier molecular flexibility index (Phi) is 4.59. The fourth-order valence-corrected chi connectivity index (χ4v) is 4.71. The molecule has 134 valence electrons. The molecule has 2 heterocycles. The monoisotopic (exact) mass is 369 g/mol. The third-order valence-corrected chi connectivity index (χ3v) is 6.02. The van der Waals surface area contributed by atoms with E-state index in [1.165, 1.54) is 17.0 Å². The van der Waals surface area contributed by atoms with Gasteiger partial charge in [-0.25, -0.2) is 17.2 Å². The van der Waals surface area contributed by atoms with Crippen molar-refractivity contribution in [2.24, 2.45) is 0 Å². The molecule has 1 aliphatic rings. The van der Waals surface area contributed by atoms with Crippen molar-refractivity contribution in [3.8, 4) is 11.3 Å². The van der Waals surface area contributed by atoms with Crippen LogP contribution in [0.1, 0.15) is 23.8 Å². The number of nitrogens with one attached hydrogen (secondary N) is 1. The highest BCUT2D eigenvalue weighted by atomic mass is 32.2. The molecule has 1 saturated heterocycles. The molecule has 2 aromatic rings. The number of halogens is 2. The molecule has 3 rings (SSSR count).